The van der Waals surface area contributed by atoms with Crippen molar-refractivity contribution in [2.45, 2.75) is 32.8 Å². The molecule has 0 unspecified atom stereocenters. The van der Waals surface area contributed by atoms with Crippen molar-refractivity contribution in [2.24, 2.45) is 16.8 Å². The lowest BCUT2D eigenvalue weighted by atomic mass is 10.1. The standard InChI is InChI=1S/C18H24N6O4/c1-18(2,3)28-17(26)24-7-5-12(9-24)16(25)21-13-10-23-6-4-11(15(19)22-27)8-14(23)20-13/h4,6,8,10,12,27H,5,7,9H2,1-3H3,(H2,19,22)(H,21,25)/t12-/m0/s1. The Bertz CT molecular complexity index is 930. The van der Waals surface area contributed by atoms with Crippen LogP contribution < -0.4 is 11.1 Å². The average molecular weight is 388 g/mol. The van der Waals surface area contributed by atoms with Gasteiger partial charge in [-0.25, -0.2) is 9.78 Å². The Labute approximate surface area is 162 Å². The molecule has 10 heteroatoms. The van der Waals surface area contributed by atoms with E-state index in [0.717, 1.165) is 0 Å². The van der Waals surface area contributed by atoms with Crippen LogP contribution in [0.4, 0.5) is 10.6 Å². The van der Waals surface area contributed by atoms with E-state index in [0.29, 0.717) is 36.5 Å². The molecule has 2 aromatic heterocycles. The molecular formula is C18H24N6O4. The Morgan fingerprint density at radius 1 is 1.43 bits per heavy atom. The highest BCUT2D eigenvalue weighted by atomic mass is 16.6. The van der Waals surface area contributed by atoms with Gasteiger partial charge in [-0.15, -0.1) is 0 Å². The van der Waals surface area contributed by atoms with Gasteiger partial charge in [0.15, 0.2) is 11.7 Å². The molecule has 2 amide bonds. The van der Waals surface area contributed by atoms with Crippen LogP contribution in [0.15, 0.2) is 29.7 Å². The molecule has 0 saturated carbocycles. The highest BCUT2D eigenvalue weighted by molar-refractivity contribution is 5.98. The molecule has 1 aliphatic heterocycles. The van der Waals surface area contributed by atoms with Crippen LogP contribution >= 0.6 is 0 Å². The molecule has 1 aliphatic rings. The molecule has 0 aliphatic carbocycles. The fourth-order valence-electron chi connectivity index (χ4n) is 2.95. The van der Waals surface area contributed by atoms with Crippen molar-refractivity contribution >= 4 is 29.3 Å². The SMILES string of the molecule is CC(C)(C)OC(=O)N1CC[C@H](C(=O)Nc2cn3ccc(C(N)=NO)cc3n2)C1. The Balaban J connectivity index is 1.64. The number of nitrogens with one attached hydrogen (secondary N) is 1. The fourth-order valence-corrected chi connectivity index (χ4v) is 2.95. The number of nitrogens with zero attached hydrogens (tertiary/aromatic N) is 4. The van der Waals surface area contributed by atoms with Crippen LogP contribution in [0.5, 0.6) is 0 Å². The van der Waals surface area contributed by atoms with Crippen molar-refractivity contribution in [1.82, 2.24) is 14.3 Å². The van der Waals surface area contributed by atoms with Gasteiger partial charge in [-0.3, -0.25) is 4.79 Å². The molecule has 0 bridgehead atoms. The highest BCUT2D eigenvalue weighted by Gasteiger charge is 2.33. The Morgan fingerprint density at radius 2 is 2.18 bits per heavy atom. The summed E-state index contributed by atoms with van der Waals surface area (Å²) in [5.41, 5.74) is 6.07. The number of anilines is 1. The number of hydrogen-bond acceptors (Lipinski definition) is 6. The molecule has 150 valence electrons. The second-order valence-electron chi connectivity index (χ2n) is 7.69. The number of carbonyl (C=O) groups excluding carboxylic acids is 2. The second-order valence-corrected chi connectivity index (χ2v) is 7.69. The average Bonchev–Trinajstić information content (AvgIpc) is 3.25. The number of rotatable bonds is 3. The summed E-state index contributed by atoms with van der Waals surface area (Å²) in [5, 5.41) is 14.5. The zero-order chi connectivity index (χ0) is 20.5. The zero-order valence-electron chi connectivity index (χ0n) is 16.0. The number of ether oxygens (including phenoxy) is 1. The van der Waals surface area contributed by atoms with Crippen molar-refractivity contribution in [3.8, 4) is 0 Å². The van der Waals surface area contributed by atoms with E-state index in [4.69, 9.17) is 15.7 Å². The minimum atomic E-state index is -0.572. The summed E-state index contributed by atoms with van der Waals surface area (Å²) in [6.07, 6.45) is 3.52. The summed E-state index contributed by atoms with van der Waals surface area (Å²) in [6, 6.07) is 3.32. The summed E-state index contributed by atoms with van der Waals surface area (Å²) < 4.78 is 7.06. The fraction of sp³-hybridized carbons (Fsp3) is 0.444. The van der Waals surface area contributed by atoms with Crippen molar-refractivity contribution < 1.29 is 19.5 Å². The van der Waals surface area contributed by atoms with E-state index in [1.54, 1.807) is 54.6 Å². The van der Waals surface area contributed by atoms with E-state index in [1.165, 1.54) is 0 Å². The minimum Gasteiger partial charge on any atom is -0.444 e. The van der Waals surface area contributed by atoms with Crippen LogP contribution in [-0.4, -0.2) is 56.0 Å². The number of aromatic nitrogens is 2. The van der Waals surface area contributed by atoms with E-state index in [2.05, 4.69) is 15.5 Å². The van der Waals surface area contributed by atoms with Crippen molar-refractivity contribution in [3.63, 3.8) is 0 Å². The predicted octanol–water partition coefficient (Wildman–Crippen LogP) is 1.62. The van der Waals surface area contributed by atoms with Gasteiger partial charge in [0.2, 0.25) is 5.91 Å². The molecule has 3 heterocycles. The Hall–Kier alpha value is -3.30. The van der Waals surface area contributed by atoms with Gasteiger partial charge in [-0.2, -0.15) is 0 Å². The summed E-state index contributed by atoms with van der Waals surface area (Å²) in [7, 11) is 0. The van der Waals surface area contributed by atoms with Crippen LogP contribution in [0, 0.1) is 5.92 Å². The van der Waals surface area contributed by atoms with Crippen LogP contribution in [0.2, 0.25) is 0 Å². The van der Waals surface area contributed by atoms with Crippen LogP contribution in [-0.2, 0) is 9.53 Å². The summed E-state index contributed by atoms with van der Waals surface area (Å²) in [6.45, 7) is 6.20. The molecule has 3 rings (SSSR count). The Morgan fingerprint density at radius 3 is 2.86 bits per heavy atom. The van der Waals surface area contributed by atoms with Gasteiger partial charge >= 0.3 is 6.09 Å². The van der Waals surface area contributed by atoms with Gasteiger partial charge in [0, 0.05) is 24.8 Å². The van der Waals surface area contributed by atoms with Gasteiger partial charge in [-0.05, 0) is 39.3 Å². The third-order valence-electron chi connectivity index (χ3n) is 4.33. The molecule has 4 N–H and O–H groups in total. The van der Waals surface area contributed by atoms with Crippen molar-refractivity contribution in [1.29, 1.82) is 0 Å². The summed E-state index contributed by atoms with van der Waals surface area (Å²) in [5.74, 6) is -0.169. The Kier molecular flexibility index (Phi) is 5.12. The van der Waals surface area contributed by atoms with Crippen LogP contribution in [0.1, 0.15) is 32.8 Å². The van der Waals surface area contributed by atoms with E-state index >= 15 is 0 Å². The first kappa shape index (κ1) is 19.5. The maximum atomic E-state index is 12.6. The lowest BCUT2D eigenvalue weighted by Gasteiger charge is -2.24. The molecule has 1 saturated heterocycles. The smallest absolute Gasteiger partial charge is 0.410 e. The number of hydrogen-bond donors (Lipinski definition) is 3. The van der Waals surface area contributed by atoms with Gasteiger partial charge < -0.3 is 30.3 Å². The van der Waals surface area contributed by atoms with E-state index in [1.807, 2.05) is 0 Å². The molecule has 2 aromatic rings. The zero-order valence-corrected chi connectivity index (χ0v) is 16.0. The highest BCUT2D eigenvalue weighted by Crippen LogP contribution is 2.21. The van der Waals surface area contributed by atoms with Gasteiger partial charge in [-0.1, -0.05) is 5.16 Å². The first-order valence-corrected chi connectivity index (χ1v) is 8.92. The summed E-state index contributed by atoms with van der Waals surface area (Å²) >= 11 is 0. The number of imidazole rings is 1. The normalized spacial score (nSPS) is 17.8. The predicted molar refractivity (Wildman–Crippen MR) is 102 cm³/mol. The minimum absolute atomic E-state index is 0.0238. The van der Waals surface area contributed by atoms with E-state index < -0.39 is 11.7 Å². The number of oxime groups is 1. The van der Waals surface area contributed by atoms with Gasteiger partial charge in [0.1, 0.15) is 11.2 Å². The quantitative estimate of drug-likeness (QED) is 0.317. The molecule has 0 radical (unpaired) electrons. The number of pyridine rings is 1. The molecule has 1 fully saturated rings. The molecule has 1 atom stereocenters. The van der Waals surface area contributed by atoms with Crippen molar-refractivity contribution in [3.05, 3.63) is 30.1 Å². The summed E-state index contributed by atoms with van der Waals surface area (Å²) in [4.78, 5) is 30.6. The monoisotopic (exact) mass is 388 g/mol. The van der Waals surface area contributed by atoms with Crippen LogP contribution in [0.25, 0.3) is 5.65 Å². The lowest BCUT2D eigenvalue weighted by Crippen LogP contribution is -2.36. The van der Waals surface area contributed by atoms with Crippen LogP contribution in [0.3, 0.4) is 0 Å². The van der Waals surface area contributed by atoms with E-state index in [-0.39, 0.29) is 17.7 Å². The number of carbonyl (C=O) groups is 2. The second kappa shape index (κ2) is 7.37. The number of likely N-dealkylation sites (tertiary alicyclic amines) is 1. The molecular weight excluding hydrogens is 364 g/mol. The first-order chi connectivity index (χ1) is 13.2. The van der Waals surface area contributed by atoms with E-state index in [9.17, 15) is 9.59 Å². The largest absolute Gasteiger partial charge is 0.444 e. The van der Waals surface area contributed by atoms with Gasteiger partial charge in [0.25, 0.3) is 0 Å². The maximum absolute atomic E-state index is 12.6. The van der Waals surface area contributed by atoms with Crippen molar-refractivity contribution in [2.75, 3.05) is 18.4 Å². The number of amidine groups is 1. The first-order valence-electron chi connectivity index (χ1n) is 8.92. The maximum Gasteiger partial charge on any atom is 0.410 e. The third-order valence-corrected chi connectivity index (χ3v) is 4.33. The molecule has 0 aromatic carbocycles. The molecule has 28 heavy (non-hydrogen) atoms. The number of nitrogens with two attached hydrogens (primary N) is 1. The van der Waals surface area contributed by atoms with Gasteiger partial charge in [0.05, 0.1) is 12.1 Å². The number of fused-ring (bicyclic) bond motifs is 1. The number of amides is 2. The lowest BCUT2D eigenvalue weighted by molar-refractivity contribution is -0.119. The molecule has 10 nitrogen and oxygen atoms in total. The molecule has 0 spiro atoms. The topological polar surface area (TPSA) is 135 Å². The third kappa shape index (κ3) is 4.33.